The minimum atomic E-state index is -2.52. The Morgan fingerprint density at radius 2 is 1.53 bits per heavy atom. The SMILES string of the molecule is CCCCCCCCCCOC(COc1ccccc1)COC(O)([PH+]=O)C(=O)OSCCCCCC. The summed E-state index contributed by atoms with van der Waals surface area (Å²) in [5.41, 5.74) is -2.52. The summed E-state index contributed by atoms with van der Waals surface area (Å²) in [6.07, 6.45) is 13.1. The van der Waals surface area contributed by atoms with Gasteiger partial charge < -0.3 is 18.8 Å². The van der Waals surface area contributed by atoms with Crippen molar-refractivity contribution in [2.75, 3.05) is 25.6 Å². The number of hydrogen-bond acceptors (Lipinski definition) is 8. The quantitative estimate of drug-likeness (QED) is 0.0639. The molecule has 206 valence electrons. The first-order chi connectivity index (χ1) is 17.6. The van der Waals surface area contributed by atoms with Crippen molar-refractivity contribution in [3.8, 4) is 5.75 Å². The van der Waals surface area contributed by atoms with E-state index in [2.05, 4.69) is 13.8 Å². The summed E-state index contributed by atoms with van der Waals surface area (Å²) >= 11 is 0.943. The molecule has 3 atom stereocenters. The van der Waals surface area contributed by atoms with Crippen LogP contribution in [0.5, 0.6) is 5.75 Å². The highest BCUT2D eigenvalue weighted by Gasteiger charge is 2.50. The number of para-hydroxylation sites is 1. The molecule has 0 fully saturated rings. The summed E-state index contributed by atoms with van der Waals surface area (Å²) in [5.74, 6) is 0.221. The molecule has 7 nitrogen and oxygen atoms in total. The predicted molar refractivity (Wildman–Crippen MR) is 147 cm³/mol. The molecule has 0 saturated heterocycles. The highest BCUT2D eigenvalue weighted by Crippen LogP contribution is 2.26. The van der Waals surface area contributed by atoms with Crippen LogP contribution in [0.15, 0.2) is 30.3 Å². The molecule has 36 heavy (non-hydrogen) atoms. The molecule has 1 aromatic rings. The second-order valence-corrected chi connectivity index (χ2v) is 10.6. The van der Waals surface area contributed by atoms with Crippen LogP contribution in [-0.4, -0.2) is 48.3 Å². The molecule has 0 aliphatic rings. The maximum atomic E-state index is 12.3. The van der Waals surface area contributed by atoms with Crippen molar-refractivity contribution in [3.05, 3.63) is 30.3 Å². The topological polar surface area (TPSA) is 91.3 Å². The zero-order chi connectivity index (χ0) is 26.3. The molecular weight excluding hydrogens is 499 g/mol. The first kappa shape index (κ1) is 32.8. The Kier molecular flexibility index (Phi) is 19.9. The number of aliphatic hydroxyl groups is 1. The normalized spacial score (nSPS) is 13.9. The van der Waals surface area contributed by atoms with Crippen molar-refractivity contribution in [2.24, 2.45) is 0 Å². The zero-order valence-electron chi connectivity index (χ0n) is 22.1. The predicted octanol–water partition coefficient (Wildman–Crippen LogP) is 7.05. The standard InChI is InChI=1S/C27H45O7PS/c1-3-5-7-9-10-11-12-16-20-31-25(22-32-24-18-14-13-15-19-24)23-33-27(29,35-30)26(28)34-36-21-17-8-6-4-2/h13-15,18-19,25,29H,3-12,16-17,20-23H2,1-2H3/p+1. The van der Waals surface area contributed by atoms with E-state index in [1.807, 2.05) is 30.3 Å². The Hall–Kier alpha value is -1.18. The van der Waals surface area contributed by atoms with Crippen LogP contribution in [0, 0.1) is 0 Å². The van der Waals surface area contributed by atoms with E-state index >= 15 is 0 Å². The van der Waals surface area contributed by atoms with E-state index in [9.17, 15) is 14.5 Å². The smallest absolute Gasteiger partial charge is 0.471 e. The first-order valence-electron chi connectivity index (χ1n) is 13.4. The summed E-state index contributed by atoms with van der Waals surface area (Å²) in [6, 6.07) is 9.31. The lowest BCUT2D eigenvalue weighted by molar-refractivity contribution is -0.194. The summed E-state index contributed by atoms with van der Waals surface area (Å²) in [7, 11) is -1.43. The van der Waals surface area contributed by atoms with Gasteiger partial charge in [-0.25, -0.2) is 4.79 Å². The number of rotatable bonds is 24. The van der Waals surface area contributed by atoms with E-state index in [1.165, 1.54) is 38.5 Å². The van der Waals surface area contributed by atoms with Gasteiger partial charge in [0.05, 0.1) is 18.6 Å². The molecule has 0 heterocycles. The van der Waals surface area contributed by atoms with Gasteiger partial charge in [-0.1, -0.05) is 101 Å². The number of carbonyl (C=O) groups is 1. The molecule has 1 N–H and O–H groups in total. The third-order valence-electron chi connectivity index (χ3n) is 5.64. The summed E-state index contributed by atoms with van der Waals surface area (Å²) in [6.45, 7) is 4.86. The summed E-state index contributed by atoms with van der Waals surface area (Å²) in [4.78, 5) is 12.3. The zero-order valence-corrected chi connectivity index (χ0v) is 23.9. The van der Waals surface area contributed by atoms with E-state index in [4.69, 9.17) is 18.4 Å². The third kappa shape index (κ3) is 15.8. The highest BCUT2D eigenvalue weighted by molar-refractivity contribution is 7.95. The van der Waals surface area contributed by atoms with E-state index in [-0.39, 0.29) is 13.2 Å². The van der Waals surface area contributed by atoms with Crippen molar-refractivity contribution in [1.29, 1.82) is 0 Å². The lowest BCUT2D eigenvalue weighted by atomic mass is 10.1. The van der Waals surface area contributed by atoms with Crippen molar-refractivity contribution in [1.82, 2.24) is 0 Å². The van der Waals surface area contributed by atoms with Gasteiger partial charge in [0.15, 0.2) is 0 Å². The minimum Gasteiger partial charge on any atom is -0.491 e. The van der Waals surface area contributed by atoms with Gasteiger partial charge in [0.2, 0.25) is 0 Å². The number of unbranched alkanes of at least 4 members (excludes halogenated alkanes) is 10. The Morgan fingerprint density at radius 3 is 2.17 bits per heavy atom. The molecule has 3 unspecified atom stereocenters. The minimum absolute atomic E-state index is 0.161. The molecule has 1 aromatic carbocycles. The molecule has 1 rings (SSSR count). The maximum Gasteiger partial charge on any atom is 0.471 e. The number of ether oxygens (including phenoxy) is 3. The van der Waals surface area contributed by atoms with Gasteiger partial charge >= 0.3 is 20.0 Å². The van der Waals surface area contributed by atoms with Gasteiger partial charge in [0.25, 0.3) is 0 Å². The Bertz CT molecular complexity index is 679. The lowest BCUT2D eigenvalue weighted by Gasteiger charge is -2.21. The largest absolute Gasteiger partial charge is 0.491 e. The van der Waals surface area contributed by atoms with Crippen LogP contribution in [0.4, 0.5) is 0 Å². The van der Waals surface area contributed by atoms with Gasteiger partial charge in [-0.05, 0) is 25.0 Å². The van der Waals surface area contributed by atoms with Gasteiger partial charge in [0.1, 0.15) is 18.5 Å². The molecule has 0 aliphatic carbocycles. The Labute approximate surface area is 223 Å². The number of hydrogen-bond donors (Lipinski definition) is 1. The van der Waals surface area contributed by atoms with E-state index in [0.29, 0.717) is 18.1 Å². The fourth-order valence-corrected chi connectivity index (χ4v) is 4.40. The fraction of sp³-hybridized carbons (Fsp3) is 0.741. The van der Waals surface area contributed by atoms with Crippen LogP contribution in [0.1, 0.15) is 90.9 Å². The van der Waals surface area contributed by atoms with E-state index < -0.39 is 26.1 Å². The van der Waals surface area contributed by atoms with Gasteiger partial charge in [0, 0.05) is 12.4 Å². The second-order valence-electron chi connectivity index (χ2n) is 8.90. The van der Waals surface area contributed by atoms with Crippen molar-refractivity contribution < 1.29 is 32.9 Å². The van der Waals surface area contributed by atoms with Crippen molar-refractivity contribution >= 4 is 26.5 Å². The molecule has 0 bridgehead atoms. The van der Waals surface area contributed by atoms with Crippen LogP contribution in [0.25, 0.3) is 0 Å². The van der Waals surface area contributed by atoms with Gasteiger partial charge in [-0.15, -0.1) is 0 Å². The van der Waals surface area contributed by atoms with Crippen LogP contribution in [0.2, 0.25) is 0 Å². The van der Waals surface area contributed by atoms with Crippen LogP contribution in [0.3, 0.4) is 0 Å². The Balaban J connectivity index is 2.48. The number of carbonyl (C=O) groups excluding carboxylic acids is 1. The van der Waals surface area contributed by atoms with Gasteiger partial charge in [-0.2, -0.15) is 0 Å². The monoisotopic (exact) mass is 545 g/mol. The molecule has 0 amide bonds. The average molecular weight is 546 g/mol. The lowest BCUT2D eigenvalue weighted by Crippen LogP contribution is -2.40. The maximum absolute atomic E-state index is 12.3. The molecular formula is C27H46O7PS+. The molecule has 0 aromatic heterocycles. The third-order valence-corrected chi connectivity index (χ3v) is 6.99. The van der Waals surface area contributed by atoms with Crippen LogP contribution >= 0.6 is 20.5 Å². The van der Waals surface area contributed by atoms with E-state index in [1.54, 1.807) is 0 Å². The first-order valence-corrected chi connectivity index (χ1v) is 15.3. The van der Waals surface area contributed by atoms with Crippen LogP contribution in [-0.2, 0) is 23.0 Å². The van der Waals surface area contributed by atoms with E-state index in [0.717, 1.165) is 50.6 Å². The molecule has 9 heteroatoms. The molecule has 0 spiro atoms. The summed E-state index contributed by atoms with van der Waals surface area (Å²) in [5, 5.41) is 10.5. The molecule has 0 aliphatic heterocycles. The summed E-state index contributed by atoms with van der Waals surface area (Å²) < 4.78 is 33.8. The fourth-order valence-electron chi connectivity index (χ4n) is 3.42. The van der Waals surface area contributed by atoms with Crippen molar-refractivity contribution in [2.45, 2.75) is 103 Å². The Morgan fingerprint density at radius 1 is 0.917 bits per heavy atom. The number of benzene rings is 1. The van der Waals surface area contributed by atoms with Gasteiger partial charge in [-0.3, -0.25) is 4.74 Å². The van der Waals surface area contributed by atoms with Crippen molar-refractivity contribution in [3.63, 3.8) is 0 Å². The van der Waals surface area contributed by atoms with Crippen LogP contribution < -0.4 is 4.74 Å². The average Bonchev–Trinajstić information content (AvgIpc) is 2.90. The molecule has 0 radical (unpaired) electrons. The second kappa shape index (κ2) is 21.9. The molecule has 0 saturated carbocycles. The highest BCUT2D eigenvalue weighted by atomic mass is 32.2.